The molecule has 2 aromatic carbocycles. The largest absolute Gasteiger partial charge is 0.497 e. The average Bonchev–Trinajstić information content (AvgIpc) is 3.10. The minimum Gasteiger partial charge on any atom is -0.497 e. The molecule has 1 amide bonds. The highest BCUT2D eigenvalue weighted by Gasteiger charge is 2.24. The van der Waals surface area contributed by atoms with Crippen molar-refractivity contribution >= 4 is 16.8 Å². The predicted octanol–water partition coefficient (Wildman–Crippen LogP) is 3.60. The molecule has 0 saturated carbocycles. The monoisotopic (exact) mass is 370 g/mol. The lowest BCUT2D eigenvalue weighted by Crippen LogP contribution is -2.28. The number of hydrogen-bond donors (Lipinski definition) is 2. The summed E-state index contributed by atoms with van der Waals surface area (Å²) in [4.78, 5) is 15.6. The van der Waals surface area contributed by atoms with Crippen LogP contribution in [0.2, 0.25) is 0 Å². The van der Waals surface area contributed by atoms with Crippen molar-refractivity contribution in [2.24, 2.45) is 0 Å². The van der Waals surface area contributed by atoms with Crippen LogP contribution >= 0.6 is 0 Å². The fourth-order valence-electron chi connectivity index (χ4n) is 3.23. The number of carbonyl (C=O) groups excluding carboxylic acids is 1. The van der Waals surface area contributed by atoms with E-state index in [1.165, 1.54) is 6.07 Å². The van der Waals surface area contributed by atoms with Gasteiger partial charge in [-0.2, -0.15) is 0 Å². The van der Waals surface area contributed by atoms with Crippen LogP contribution in [0.3, 0.4) is 0 Å². The van der Waals surface area contributed by atoms with E-state index in [0.29, 0.717) is 24.5 Å². The van der Waals surface area contributed by atoms with Gasteiger partial charge >= 0.3 is 0 Å². The fourth-order valence-corrected chi connectivity index (χ4v) is 3.23. The van der Waals surface area contributed by atoms with Gasteiger partial charge in [-0.3, -0.25) is 4.79 Å². The highest BCUT2D eigenvalue weighted by Crippen LogP contribution is 2.35. The smallest absolute Gasteiger partial charge is 0.221 e. The van der Waals surface area contributed by atoms with Crippen LogP contribution in [-0.2, 0) is 9.53 Å². The van der Waals surface area contributed by atoms with Gasteiger partial charge in [0.1, 0.15) is 11.6 Å². The summed E-state index contributed by atoms with van der Waals surface area (Å²) in [7, 11) is 3.18. The lowest BCUT2D eigenvalue weighted by molar-refractivity contribution is -0.121. The molecule has 0 aliphatic rings. The Morgan fingerprint density at radius 3 is 2.74 bits per heavy atom. The summed E-state index contributed by atoms with van der Waals surface area (Å²) in [5.74, 6) is -0.197. The van der Waals surface area contributed by atoms with E-state index < -0.39 is 5.92 Å². The van der Waals surface area contributed by atoms with Crippen LogP contribution in [0.25, 0.3) is 10.9 Å². The SMILES string of the molecule is COCCNC(=O)CC(c1ccccc1F)c1c[nH]c2ccc(OC)cc12. The zero-order chi connectivity index (χ0) is 19.2. The summed E-state index contributed by atoms with van der Waals surface area (Å²) in [5.41, 5.74) is 2.26. The van der Waals surface area contributed by atoms with Crippen molar-refractivity contribution in [2.45, 2.75) is 12.3 Å². The Balaban J connectivity index is 2.00. The molecule has 3 aromatic rings. The van der Waals surface area contributed by atoms with Crippen molar-refractivity contribution in [1.29, 1.82) is 0 Å². The molecule has 1 heterocycles. The molecule has 1 aromatic heterocycles. The van der Waals surface area contributed by atoms with Crippen molar-refractivity contribution < 1.29 is 18.7 Å². The van der Waals surface area contributed by atoms with E-state index in [1.54, 1.807) is 32.4 Å². The third-order valence-electron chi connectivity index (χ3n) is 4.59. The Hall–Kier alpha value is -2.86. The van der Waals surface area contributed by atoms with E-state index in [9.17, 15) is 9.18 Å². The molecule has 6 heteroatoms. The number of methoxy groups -OCH3 is 2. The van der Waals surface area contributed by atoms with Crippen LogP contribution < -0.4 is 10.1 Å². The molecule has 3 rings (SSSR count). The van der Waals surface area contributed by atoms with Crippen LogP contribution in [0, 0.1) is 5.82 Å². The molecule has 0 fully saturated rings. The molecule has 5 nitrogen and oxygen atoms in total. The van der Waals surface area contributed by atoms with Gasteiger partial charge in [-0.25, -0.2) is 4.39 Å². The van der Waals surface area contributed by atoms with Gasteiger partial charge < -0.3 is 19.8 Å². The summed E-state index contributed by atoms with van der Waals surface area (Å²) >= 11 is 0. The van der Waals surface area contributed by atoms with Crippen molar-refractivity contribution in [3.05, 3.63) is 65.6 Å². The number of amides is 1. The van der Waals surface area contributed by atoms with Gasteiger partial charge in [0.25, 0.3) is 0 Å². The van der Waals surface area contributed by atoms with Gasteiger partial charge in [-0.05, 0) is 35.4 Å². The second kappa shape index (κ2) is 8.68. The molecule has 0 spiro atoms. The van der Waals surface area contributed by atoms with E-state index >= 15 is 0 Å². The van der Waals surface area contributed by atoms with Gasteiger partial charge in [-0.15, -0.1) is 0 Å². The van der Waals surface area contributed by atoms with E-state index in [4.69, 9.17) is 9.47 Å². The van der Waals surface area contributed by atoms with Gasteiger partial charge in [0.2, 0.25) is 5.91 Å². The van der Waals surface area contributed by atoms with Gasteiger partial charge in [0.15, 0.2) is 0 Å². The van der Waals surface area contributed by atoms with E-state index in [-0.39, 0.29) is 18.1 Å². The first-order chi connectivity index (χ1) is 13.1. The lowest BCUT2D eigenvalue weighted by Gasteiger charge is -2.18. The molecular formula is C21H23FN2O3. The molecule has 0 aliphatic heterocycles. The number of carbonyl (C=O) groups is 1. The van der Waals surface area contributed by atoms with Gasteiger partial charge in [0.05, 0.1) is 13.7 Å². The number of hydrogen-bond acceptors (Lipinski definition) is 3. The summed E-state index contributed by atoms with van der Waals surface area (Å²) in [6.07, 6.45) is 1.97. The van der Waals surface area contributed by atoms with E-state index in [0.717, 1.165) is 16.5 Å². The fraction of sp³-hybridized carbons (Fsp3) is 0.286. The molecular weight excluding hydrogens is 347 g/mol. The molecule has 2 N–H and O–H groups in total. The number of nitrogens with one attached hydrogen (secondary N) is 2. The Kier molecular flexibility index (Phi) is 6.08. The van der Waals surface area contributed by atoms with E-state index in [1.807, 2.05) is 24.4 Å². The minimum absolute atomic E-state index is 0.134. The Bertz CT molecular complexity index is 923. The summed E-state index contributed by atoms with van der Waals surface area (Å²) in [6, 6.07) is 12.2. The quantitative estimate of drug-likeness (QED) is 0.596. The van der Waals surface area contributed by atoms with Crippen LogP contribution in [-0.4, -0.2) is 38.3 Å². The Morgan fingerprint density at radius 1 is 1.19 bits per heavy atom. The van der Waals surface area contributed by atoms with Crippen molar-refractivity contribution in [3.8, 4) is 5.75 Å². The zero-order valence-corrected chi connectivity index (χ0v) is 15.4. The third kappa shape index (κ3) is 4.28. The molecule has 0 aliphatic carbocycles. The van der Waals surface area contributed by atoms with Gasteiger partial charge in [0, 0.05) is 43.1 Å². The first-order valence-corrected chi connectivity index (χ1v) is 8.79. The standard InChI is InChI=1S/C21H23FN2O3/c1-26-10-9-23-21(25)12-16(15-5-3-4-6-19(15)22)18-13-24-20-8-7-14(27-2)11-17(18)20/h3-8,11,13,16,24H,9-10,12H2,1-2H3,(H,23,25). The number of halogens is 1. The number of aromatic amines is 1. The zero-order valence-electron chi connectivity index (χ0n) is 15.4. The van der Waals surface area contributed by atoms with Crippen molar-refractivity contribution in [3.63, 3.8) is 0 Å². The topological polar surface area (TPSA) is 63.3 Å². The van der Waals surface area contributed by atoms with Crippen LogP contribution in [0.1, 0.15) is 23.5 Å². The molecule has 0 radical (unpaired) electrons. The van der Waals surface area contributed by atoms with Crippen LogP contribution in [0.15, 0.2) is 48.7 Å². The van der Waals surface area contributed by atoms with Crippen molar-refractivity contribution in [2.75, 3.05) is 27.4 Å². The molecule has 27 heavy (non-hydrogen) atoms. The first kappa shape index (κ1) is 18.9. The maximum absolute atomic E-state index is 14.5. The summed E-state index contributed by atoms with van der Waals surface area (Å²) in [5, 5.41) is 3.72. The maximum atomic E-state index is 14.5. The molecule has 142 valence electrons. The number of aromatic nitrogens is 1. The second-order valence-electron chi connectivity index (χ2n) is 6.28. The Morgan fingerprint density at radius 2 is 2.00 bits per heavy atom. The van der Waals surface area contributed by atoms with Gasteiger partial charge in [-0.1, -0.05) is 18.2 Å². The van der Waals surface area contributed by atoms with E-state index in [2.05, 4.69) is 10.3 Å². The molecule has 1 unspecified atom stereocenters. The van der Waals surface area contributed by atoms with Crippen molar-refractivity contribution in [1.82, 2.24) is 10.3 Å². The highest BCUT2D eigenvalue weighted by molar-refractivity contribution is 5.87. The number of H-pyrrole nitrogens is 1. The summed E-state index contributed by atoms with van der Waals surface area (Å²) < 4.78 is 24.8. The Labute approximate surface area is 157 Å². The lowest BCUT2D eigenvalue weighted by atomic mass is 9.87. The average molecular weight is 370 g/mol. The molecule has 1 atom stereocenters. The third-order valence-corrected chi connectivity index (χ3v) is 4.59. The highest BCUT2D eigenvalue weighted by atomic mass is 19.1. The molecule has 0 bridgehead atoms. The van der Waals surface area contributed by atoms with Crippen LogP contribution in [0.4, 0.5) is 4.39 Å². The predicted molar refractivity (Wildman–Crippen MR) is 103 cm³/mol. The second-order valence-corrected chi connectivity index (χ2v) is 6.28. The molecule has 0 saturated heterocycles. The normalized spacial score (nSPS) is 12.1. The number of benzene rings is 2. The first-order valence-electron chi connectivity index (χ1n) is 8.79. The summed E-state index contributed by atoms with van der Waals surface area (Å²) in [6.45, 7) is 0.849. The number of ether oxygens (including phenoxy) is 2. The maximum Gasteiger partial charge on any atom is 0.221 e. The van der Waals surface area contributed by atoms with Crippen LogP contribution in [0.5, 0.6) is 5.75 Å². The number of fused-ring (bicyclic) bond motifs is 1. The number of rotatable bonds is 8. The minimum atomic E-state index is -0.422.